The van der Waals surface area contributed by atoms with Crippen LogP contribution < -0.4 is 15.0 Å². The molecule has 0 aliphatic rings. The molecule has 0 aliphatic carbocycles. The zero-order valence-corrected chi connectivity index (χ0v) is 23.4. The molecular weight excluding hydrogens is 554 g/mol. The number of fused-ring (bicyclic) bond motifs is 2. The molecule has 0 saturated heterocycles. The molecule has 0 spiro atoms. The number of rotatable bonds is 9. The van der Waals surface area contributed by atoms with Crippen molar-refractivity contribution in [2.45, 2.75) is 26.9 Å². The average molecular weight is 582 g/mol. The molecule has 1 aromatic heterocycles. The first kappa shape index (κ1) is 26.4. The highest BCUT2D eigenvalue weighted by molar-refractivity contribution is 9.10. The molecule has 196 valence electrons. The largest absolute Gasteiger partial charge is 0.490 e. The van der Waals surface area contributed by atoms with Crippen molar-refractivity contribution < 1.29 is 9.47 Å². The molecule has 0 radical (unpaired) electrons. The minimum Gasteiger partial charge on any atom is -0.490 e. The molecule has 5 rings (SSSR count). The molecule has 1 heterocycles. The zero-order valence-electron chi connectivity index (χ0n) is 21.9. The smallest absolute Gasteiger partial charge is 0.282 e. The first-order valence-corrected chi connectivity index (χ1v) is 13.5. The lowest BCUT2D eigenvalue weighted by Gasteiger charge is -2.17. The van der Waals surface area contributed by atoms with Crippen LogP contribution in [0.4, 0.5) is 0 Å². The van der Waals surface area contributed by atoms with Gasteiger partial charge in [0, 0.05) is 10.0 Å². The third-order valence-electron chi connectivity index (χ3n) is 6.36. The van der Waals surface area contributed by atoms with E-state index in [0.717, 1.165) is 26.5 Å². The van der Waals surface area contributed by atoms with Gasteiger partial charge in [-0.05, 0) is 72.5 Å². The standard InChI is InChI=1S/C32H28BrN3O3/c1-4-9-24-16-22(19-34-36-21(3)35-29-15-14-26(33)18-28(29)32(36)37)17-30(38-5-2)31(24)39-20-25-12-8-11-23-10-6-7-13-27(23)25/h4,6-8,10-19H,1,5,9,20H2,2-3H3. The van der Waals surface area contributed by atoms with Crippen LogP contribution in [0.1, 0.15) is 29.4 Å². The third kappa shape index (κ3) is 5.64. The summed E-state index contributed by atoms with van der Waals surface area (Å²) >= 11 is 3.43. The molecular formula is C32H28BrN3O3. The lowest BCUT2D eigenvalue weighted by atomic mass is 10.0. The molecule has 0 amide bonds. The number of hydrogen-bond donors (Lipinski definition) is 0. The summed E-state index contributed by atoms with van der Waals surface area (Å²) in [6, 6.07) is 23.8. The van der Waals surface area contributed by atoms with E-state index < -0.39 is 0 Å². The number of ether oxygens (including phenoxy) is 2. The van der Waals surface area contributed by atoms with Crippen molar-refractivity contribution in [1.82, 2.24) is 9.66 Å². The van der Waals surface area contributed by atoms with Crippen molar-refractivity contribution in [3.05, 3.63) is 123 Å². The quantitative estimate of drug-likeness (QED) is 0.136. The topological polar surface area (TPSA) is 65.7 Å². The van der Waals surface area contributed by atoms with E-state index in [-0.39, 0.29) is 5.56 Å². The third-order valence-corrected chi connectivity index (χ3v) is 6.86. The van der Waals surface area contributed by atoms with Crippen molar-refractivity contribution in [3.63, 3.8) is 0 Å². The number of hydrogen-bond acceptors (Lipinski definition) is 5. The van der Waals surface area contributed by atoms with Crippen LogP contribution >= 0.6 is 15.9 Å². The molecule has 6 nitrogen and oxygen atoms in total. The lowest BCUT2D eigenvalue weighted by Crippen LogP contribution is -2.20. The highest BCUT2D eigenvalue weighted by Crippen LogP contribution is 2.35. The highest BCUT2D eigenvalue weighted by Gasteiger charge is 2.15. The SMILES string of the molecule is C=CCc1cc(C=Nn2c(C)nc3ccc(Br)cc3c2=O)cc(OCC)c1OCc1cccc2ccccc12. The van der Waals surface area contributed by atoms with E-state index in [9.17, 15) is 4.79 Å². The summed E-state index contributed by atoms with van der Waals surface area (Å²) in [4.78, 5) is 17.7. The van der Waals surface area contributed by atoms with Crippen LogP contribution in [0.2, 0.25) is 0 Å². The van der Waals surface area contributed by atoms with Gasteiger partial charge in [0.2, 0.25) is 0 Å². The van der Waals surface area contributed by atoms with E-state index in [1.807, 2.05) is 55.5 Å². The monoisotopic (exact) mass is 581 g/mol. The average Bonchev–Trinajstić information content (AvgIpc) is 2.93. The molecule has 4 aromatic carbocycles. The molecule has 0 aliphatic heterocycles. The van der Waals surface area contributed by atoms with Crippen LogP contribution in [0, 0.1) is 6.92 Å². The number of aryl methyl sites for hydroxylation is 1. The number of halogens is 1. The van der Waals surface area contributed by atoms with E-state index in [2.05, 4.69) is 56.9 Å². The summed E-state index contributed by atoms with van der Waals surface area (Å²) in [6.07, 6.45) is 4.05. The predicted octanol–water partition coefficient (Wildman–Crippen LogP) is 7.21. The summed E-state index contributed by atoms with van der Waals surface area (Å²) < 4.78 is 14.5. The van der Waals surface area contributed by atoms with Crippen LogP contribution in [0.5, 0.6) is 11.5 Å². The molecule has 0 atom stereocenters. The van der Waals surface area contributed by atoms with Gasteiger partial charge in [-0.3, -0.25) is 4.79 Å². The minimum atomic E-state index is -0.235. The summed E-state index contributed by atoms with van der Waals surface area (Å²) in [7, 11) is 0. The van der Waals surface area contributed by atoms with Crippen LogP contribution in [0.25, 0.3) is 21.7 Å². The maximum atomic E-state index is 13.2. The summed E-state index contributed by atoms with van der Waals surface area (Å²) in [5, 5.41) is 7.31. The Balaban J connectivity index is 1.51. The number of aromatic nitrogens is 2. The Morgan fingerprint density at radius 2 is 1.82 bits per heavy atom. The van der Waals surface area contributed by atoms with Gasteiger partial charge in [-0.2, -0.15) is 9.78 Å². The molecule has 7 heteroatoms. The van der Waals surface area contributed by atoms with Gasteiger partial charge in [0.1, 0.15) is 12.4 Å². The van der Waals surface area contributed by atoms with Crippen LogP contribution in [0.15, 0.2) is 99.8 Å². The van der Waals surface area contributed by atoms with E-state index in [1.165, 1.54) is 10.1 Å². The lowest BCUT2D eigenvalue weighted by molar-refractivity contribution is 0.268. The fraction of sp³-hybridized carbons (Fsp3) is 0.156. The van der Waals surface area contributed by atoms with Gasteiger partial charge in [0.15, 0.2) is 11.5 Å². The minimum absolute atomic E-state index is 0.235. The molecule has 0 unspecified atom stereocenters. The van der Waals surface area contributed by atoms with Crippen molar-refractivity contribution >= 4 is 43.8 Å². The molecule has 39 heavy (non-hydrogen) atoms. The van der Waals surface area contributed by atoms with Gasteiger partial charge < -0.3 is 9.47 Å². The summed E-state index contributed by atoms with van der Waals surface area (Å²) in [5.74, 6) is 1.79. The molecule has 0 saturated carbocycles. The fourth-order valence-corrected chi connectivity index (χ4v) is 4.94. The Bertz CT molecular complexity index is 1770. The zero-order chi connectivity index (χ0) is 27.4. The number of allylic oxidation sites excluding steroid dienone is 1. The van der Waals surface area contributed by atoms with Gasteiger partial charge in [-0.15, -0.1) is 6.58 Å². The van der Waals surface area contributed by atoms with Gasteiger partial charge in [0.05, 0.1) is 23.7 Å². The Morgan fingerprint density at radius 3 is 2.64 bits per heavy atom. The van der Waals surface area contributed by atoms with Gasteiger partial charge in [-0.25, -0.2) is 4.98 Å². The van der Waals surface area contributed by atoms with Crippen LogP contribution in [-0.2, 0) is 13.0 Å². The second kappa shape index (κ2) is 11.7. The fourth-order valence-electron chi connectivity index (χ4n) is 4.58. The summed E-state index contributed by atoms with van der Waals surface area (Å²) in [6.45, 7) is 8.49. The van der Waals surface area contributed by atoms with Gasteiger partial charge >= 0.3 is 0 Å². The second-order valence-corrected chi connectivity index (χ2v) is 9.96. The Hall–Kier alpha value is -4.23. The highest BCUT2D eigenvalue weighted by atomic mass is 79.9. The van der Waals surface area contributed by atoms with Crippen LogP contribution in [-0.4, -0.2) is 22.5 Å². The predicted molar refractivity (Wildman–Crippen MR) is 161 cm³/mol. The second-order valence-electron chi connectivity index (χ2n) is 9.04. The van der Waals surface area contributed by atoms with Gasteiger partial charge in [0.25, 0.3) is 5.56 Å². The number of nitrogens with zero attached hydrogens (tertiary/aromatic N) is 3. The Morgan fingerprint density at radius 1 is 1.00 bits per heavy atom. The Kier molecular flexibility index (Phi) is 7.89. The molecule has 5 aromatic rings. The molecule has 0 fully saturated rings. The van der Waals surface area contributed by atoms with Gasteiger partial charge in [-0.1, -0.05) is 64.5 Å². The van der Waals surface area contributed by atoms with E-state index in [1.54, 1.807) is 19.2 Å². The van der Waals surface area contributed by atoms with E-state index in [0.29, 0.717) is 47.9 Å². The van der Waals surface area contributed by atoms with E-state index in [4.69, 9.17) is 9.47 Å². The molecule has 0 bridgehead atoms. The van der Waals surface area contributed by atoms with Crippen molar-refractivity contribution in [2.75, 3.05) is 6.61 Å². The maximum Gasteiger partial charge on any atom is 0.282 e. The van der Waals surface area contributed by atoms with Crippen molar-refractivity contribution in [2.24, 2.45) is 5.10 Å². The number of benzene rings is 4. The Labute approximate surface area is 235 Å². The first-order chi connectivity index (χ1) is 19.0. The molecule has 0 N–H and O–H groups in total. The maximum absolute atomic E-state index is 13.2. The van der Waals surface area contributed by atoms with Crippen LogP contribution in [0.3, 0.4) is 0 Å². The van der Waals surface area contributed by atoms with Crippen molar-refractivity contribution in [1.29, 1.82) is 0 Å². The van der Waals surface area contributed by atoms with E-state index >= 15 is 0 Å². The summed E-state index contributed by atoms with van der Waals surface area (Å²) in [5.41, 5.74) is 3.18. The first-order valence-electron chi connectivity index (χ1n) is 12.7. The normalized spacial score (nSPS) is 11.4. The van der Waals surface area contributed by atoms with Crippen molar-refractivity contribution in [3.8, 4) is 11.5 Å².